The Morgan fingerprint density at radius 3 is 1.92 bits per heavy atom. The standard InChI is InChI=1S/C16H25NO.3C2H6/c1-15-10-16(11-15,12-15)13-2-4-14(5-3-13)17-6-8-18-9-7-17;3*1-2/h2,14H,3-12H2,1H3;3*1-2H3. The van der Waals surface area contributed by atoms with Crippen LogP contribution in [0.1, 0.15) is 87.0 Å². The number of hydrogen-bond acceptors (Lipinski definition) is 2. The second-order valence-corrected chi connectivity index (χ2v) is 7.43. The van der Waals surface area contributed by atoms with Gasteiger partial charge in [-0.2, -0.15) is 0 Å². The van der Waals surface area contributed by atoms with Gasteiger partial charge in [-0.3, -0.25) is 4.90 Å². The van der Waals surface area contributed by atoms with Crippen molar-refractivity contribution in [2.45, 2.75) is 93.0 Å². The molecule has 1 heterocycles. The maximum Gasteiger partial charge on any atom is 0.0594 e. The van der Waals surface area contributed by atoms with Crippen molar-refractivity contribution in [3.63, 3.8) is 0 Å². The van der Waals surface area contributed by atoms with E-state index in [9.17, 15) is 0 Å². The first kappa shape index (κ1) is 21.7. The van der Waals surface area contributed by atoms with Crippen LogP contribution in [0.2, 0.25) is 0 Å². The van der Waals surface area contributed by atoms with Crippen LogP contribution in [-0.4, -0.2) is 37.2 Å². The molecule has 0 aromatic heterocycles. The molecule has 2 bridgehead atoms. The average Bonchev–Trinajstić information content (AvgIpc) is 2.64. The lowest BCUT2D eigenvalue weighted by atomic mass is 9.33. The zero-order valence-corrected chi connectivity index (χ0v) is 17.6. The van der Waals surface area contributed by atoms with Crippen LogP contribution in [-0.2, 0) is 4.74 Å². The van der Waals surface area contributed by atoms with E-state index in [4.69, 9.17) is 4.74 Å². The second-order valence-electron chi connectivity index (χ2n) is 7.43. The van der Waals surface area contributed by atoms with Crippen LogP contribution in [0, 0.1) is 10.8 Å². The fourth-order valence-electron chi connectivity index (χ4n) is 5.21. The van der Waals surface area contributed by atoms with Crippen molar-refractivity contribution in [1.82, 2.24) is 4.90 Å². The van der Waals surface area contributed by atoms with Gasteiger partial charge < -0.3 is 4.74 Å². The van der Waals surface area contributed by atoms with Crippen LogP contribution >= 0.6 is 0 Å². The van der Waals surface area contributed by atoms with E-state index in [0.29, 0.717) is 5.41 Å². The molecule has 5 rings (SSSR count). The molecule has 0 spiro atoms. The lowest BCUT2D eigenvalue weighted by Crippen LogP contribution is -2.61. The fraction of sp³-hybridized carbons (Fsp3) is 0.909. The summed E-state index contributed by atoms with van der Waals surface area (Å²) in [5.74, 6) is 0. The molecule has 1 unspecified atom stereocenters. The topological polar surface area (TPSA) is 12.5 Å². The molecule has 0 aromatic carbocycles. The molecule has 24 heavy (non-hydrogen) atoms. The molecule has 5 aliphatic rings. The van der Waals surface area contributed by atoms with E-state index >= 15 is 0 Å². The van der Waals surface area contributed by atoms with Crippen LogP contribution in [0.4, 0.5) is 0 Å². The Bertz CT molecular complexity index is 362. The van der Waals surface area contributed by atoms with Gasteiger partial charge in [0.15, 0.2) is 0 Å². The zero-order chi connectivity index (χ0) is 18.2. The van der Waals surface area contributed by atoms with E-state index in [1.807, 2.05) is 47.1 Å². The summed E-state index contributed by atoms with van der Waals surface area (Å²) in [6, 6.07) is 0.806. The third kappa shape index (κ3) is 4.43. The van der Waals surface area contributed by atoms with Crippen LogP contribution in [0.15, 0.2) is 11.6 Å². The SMILES string of the molecule is CC.CC.CC.CC12CC(C3=CCC(N4CCOCC4)CC3)(C1)C2. The van der Waals surface area contributed by atoms with Gasteiger partial charge in [0.1, 0.15) is 0 Å². The first-order valence-electron chi connectivity index (χ1n) is 10.7. The summed E-state index contributed by atoms with van der Waals surface area (Å²) in [5.41, 5.74) is 3.28. The summed E-state index contributed by atoms with van der Waals surface area (Å²) < 4.78 is 5.45. The van der Waals surface area contributed by atoms with E-state index < -0.39 is 0 Å². The summed E-state index contributed by atoms with van der Waals surface area (Å²) in [5, 5.41) is 0. The van der Waals surface area contributed by atoms with Gasteiger partial charge in [0, 0.05) is 19.1 Å². The van der Waals surface area contributed by atoms with Crippen LogP contribution in [0.25, 0.3) is 0 Å². The Labute approximate surface area is 152 Å². The molecule has 0 N–H and O–H groups in total. The van der Waals surface area contributed by atoms with Crippen molar-refractivity contribution in [2.75, 3.05) is 26.3 Å². The molecule has 2 heteroatoms. The number of rotatable bonds is 2. The Balaban J connectivity index is 0.000000436. The molecule has 0 amide bonds. The molecule has 2 nitrogen and oxygen atoms in total. The van der Waals surface area contributed by atoms with Crippen molar-refractivity contribution >= 4 is 0 Å². The highest BCUT2D eigenvalue weighted by atomic mass is 16.5. The van der Waals surface area contributed by atoms with Crippen LogP contribution < -0.4 is 0 Å². The van der Waals surface area contributed by atoms with Gasteiger partial charge in [-0.15, -0.1) is 0 Å². The van der Waals surface area contributed by atoms with Crippen molar-refractivity contribution in [1.29, 1.82) is 0 Å². The highest BCUT2D eigenvalue weighted by Gasteiger charge is 2.65. The summed E-state index contributed by atoms with van der Waals surface area (Å²) >= 11 is 0. The monoisotopic (exact) mass is 337 g/mol. The molecule has 0 radical (unpaired) electrons. The smallest absolute Gasteiger partial charge is 0.0594 e. The zero-order valence-electron chi connectivity index (χ0n) is 17.6. The summed E-state index contributed by atoms with van der Waals surface area (Å²) in [7, 11) is 0. The van der Waals surface area contributed by atoms with Crippen molar-refractivity contribution in [3.05, 3.63) is 11.6 Å². The molecule has 4 aliphatic carbocycles. The molecule has 0 aromatic rings. The predicted octanol–water partition coefficient (Wildman–Crippen LogP) is 6.07. The lowest BCUT2D eigenvalue weighted by molar-refractivity contribution is -0.165. The molecule has 3 saturated carbocycles. The number of allylic oxidation sites excluding steroid dienone is 1. The summed E-state index contributed by atoms with van der Waals surface area (Å²) in [6.07, 6.45) is 11.2. The third-order valence-electron chi connectivity index (χ3n) is 5.92. The van der Waals surface area contributed by atoms with Gasteiger partial charge in [0.05, 0.1) is 13.2 Å². The van der Waals surface area contributed by atoms with E-state index in [1.165, 1.54) is 38.5 Å². The number of ether oxygens (including phenoxy) is 1. The molecule has 1 atom stereocenters. The van der Waals surface area contributed by atoms with E-state index in [1.54, 1.807) is 0 Å². The van der Waals surface area contributed by atoms with Crippen LogP contribution in [0.3, 0.4) is 0 Å². The number of morpholine rings is 1. The molecule has 4 fully saturated rings. The Morgan fingerprint density at radius 1 is 0.958 bits per heavy atom. The van der Waals surface area contributed by atoms with Gasteiger partial charge in [0.2, 0.25) is 0 Å². The van der Waals surface area contributed by atoms with Crippen LogP contribution in [0.5, 0.6) is 0 Å². The van der Waals surface area contributed by atoms with E-state index in [2.05, 4.69) is 17.9 Å². The molecule has 1 aliphatic heterocycles. The lowest BCUT2D eigenvalue weighted by Gasteiger charge is -2.71. The first-order valence-corrected chi connectivity index (χ1v) is 10.7. The number of nitrogens with zero attached hydrogens (tertiary/aromatic N) is 1. The Morgan fingerprint density at radius 2 is 1.50 bits per heavy atom. The van der Waals surface area contributed by atoms with Crippen molar-refractivity contribution in [3.8, 4) is 0 Å². The van der Waals surface area contributed by atoms with Gasteiger partial charge >= 0.3 is 0 Å². The summed E-state index contributed by atoms with van der Waals surface area (Å²) in [4.78, 5) is 2.65. The largest absolute Gasteiger partial charge is 0.379 e. The average molecular weight is 338 g/mol. The van der Waals surface area contributed by atoms with Crippen molar-refractivity contribution in [2.24, 2.45) is 10.8 Å². The Hall–Kier alpha value is -0.340. The normalized spacial score (nSPS) is 36.8. The minimum atomic E-state index is 0.699. The first-order chi connectivity index (χ1) is 11.7. The minimum Gasteiger partial charge on any atom is -0.379 e. The molecular formula is C22H43NO. The molecular weight excluding hydrogens is 294 g/mol. The predicted molar refractivity (Wildman–Crippen MR) is 107 cm³/mol. The fourth-order valence-corrected chi connectivity index (χ4v) is 5.21. The summed E-state index contributed by atoms with van der Waals surface area (Å²) in [6.45, 7) is 18.6. The van der Waals surface area contributed by atoms with E-state index in [0.717, 1.165) is 37.8 Å². The maximum absolute atomic E-state index is 5.45. The minimum absolute atomic E-state index is 0.699. The number of hydrogen-bond donors (Lipinski definition) is 0. The van der Waals surface area contributed by atoms with E-state index in [-0.39, 0.29) is 0 Å². The third-order valence-corrected chi connectivity index (χ3v) is 5.92. The van der Waals surface area contributed by atoms with Gasteiger partial charge in [-0.25, -0.2) is 0 Å². The second kappa shape index (κ2) is 9.97. The molecule has 1 saturated heterocycles. The Kier molecular flexibility index (Phi) is 9.01. The maximum atomic E-state index is 5.45. The molecule has 142 valence electrons. The quantitative estimate of drug-likeness (QED) is 0.567. The van der Waals surface area contributed by atoms with Gasteiger partial charge in [0.25, 0.3) is 0 Å². The van der Waals surface area contributed by atoms with Gasteiger partial charge in [-0.05, 0) is 49.4 Å². The highest BCUT2D eigenvalue weighted by molar-refractivity contribution is 5.32. The van der Waals surface area contributed by atoms with Gasteiger partial charge in [-0.1, -0.05) is 60.1 Å². The van der Waals surface area contributed by atoms with Crippen molar-refractivity contribution < 1.29 is 4.74 Å². The highest BCUT2D eigenvalue weighted by Crippen LogP contribution is 2.76.